The third-order valence-corrected chi connectivity index (χ3v) is 5.37. The summed E-state index contributed by atoms with van der Waals surface area (Å²) in [6.07, 6.45) is 8.73. The first-order valence-corrected chi connectivity index (χ1v) is 8.34. The van der Waals surface area contributed by atoms with Crippen LogP contribution in [0.5, 0.6) is 0 Å². The first-order chi connectivity index (χ1) is 8.12. The topological polar surface area (TPSA) is 12.5 Å². The van der Waals surface area contributed by atoms with Gasteiger partial charge in [-0.2, -0.15) is 0 Å². The Bertz CT molecular complexity index is 274. The van der Waals surface area contributed by atoms with Gasteiger partial charge < -0.3 is 9.64 Å². The van der Waals surface area contributed by atoms with Crippen molar-refractivity contribution in [2.75, 3.05) is 26.2 Å². The SMILES string of the molecule is CC(I)OCC1(CN2CCC3(CC2)CC3)CC1. The van der Waals surface area contributed by atoms with Crippen LogP contribution in [0.25, 0.3) is 0 Å². The lowest BCUT2D eigenvalue weighted by Gasteiger charge is -2.34. The number of hydrogen-bond donors (Lipinski definition) is 0. The molecule has 0 aromatic carbocycles. The third-order valence-electron chi connectivity index (χ3n) is 5.01. The van der Waals surface area contributed by atoms with Gasteiger partial charge in [0.1, 0.15) is 4.11 Å². The van der Waals surface area contributed by atoms with E-state index < -0.39 is 0 Å². The van der Waals surface area contributed by atoms with E-state index in [0.29, 0.717) is 9.53 Å². The van der Waals surface area contributed by atoms with E-state index in [9.17, 15) is 0 Å². The summed E-state index contributed by atoms with van der Waals surface area (Å²) < 4.78 is 6.19. The Hall–Kier alpha value is 0.650. The lowest BCUT2D eigenvalue weighted by Crippen LogP contribution is -2.39. The van der Waals surface area contributed by atoms with Gasteiger partial charge in [0.25, 0.3) is 0 Å². The third kappa shape index (κ3) is 3.16. The van der Waals surface area contributed by atoms with Crippen molar-refractivity contribution >= 4 is 22.6 Å². The number of alkyl halides is 1. The fraction of sp³-hybridized carbons (Fsp3) is 1.00. The fourth-order valence-electron chi connectivity index (χ4n) is 3.15. The molecular weight excluding hydrogens is 325 g/mol. The standard InChI is InChI=1S/C14H24INO/c1-12(15)17-11-14(4-5-14)10-16-8-6-13(2-3-13)7-9-16/h12H,2-11H2,1H3. The normalized spacial score (nSPS) is 31.4. The van der Waals surface area contributed by atoms with E-state index in [2.05, 4.69) is 34.4 Å². The molecule has 3 fully saturated rings. The largest absolute Gasteiger partial charge is 0.368 e. The monoisotopic (exact) mass is 349 g/mol. The quantitative estimate of drug-likeness (QED) is 0.557. The summed E-state index contributed by atoms with van der Waals surface area (Å²) in [6.45, 7) is 7.11. The van der Waals surface area contributed by atoms with Crippen LogP contribution in [-0.4, -0.2) is 35.3 Å². The van der Waals surface area contributed by atoms with E-state index in [-0.39, 0.29) is 0 Å². The van der Waals surface area contributed by atoms with Gasteiger partial charge in [-0.3, -0.25) is 0 Å². The van der Waals surface area contributed by atoms with E-state index in [0.717, 1.165) is 12.0 Å². The second-order valence-corrected chi connectivity index (χ2v) is 8.38. The molecule has 1 heterocycles. The van der Waals surface area contributed by atoms with Gasteiger partial charge in [0.2, 0.25) is 0 Å². The zero-order valence-corrected chi connectivity index (χ0v) is 13.0. The van der Waals surface area contributed by atoms with Gasteiger partial charge in [0, 0.05) is 12.0 Å². The summed E-state index contributed by atoms with van der Waals surface area (Å²) in [6, 6.07) is 0. The van der Waals surface area contributed by atoms with Gasteiger partial charge in [0.15, 0.2) is 0 Å². The molecule has 1 unspecified atom stereocenters. The fourth-order valence-corrected chi connectivity index (χ4v) is 3.33. The van der Waals surface area contributed by atoms with Crippen LogP contribution >= 0.6 is 22.6 Å². The van der Waals surface area contributed by atoms with Gasteiger partial charge in [0.05, 0.1) is 6.61 Å². The number of ether oxygens (including phenoxy) is 1. The molecule has 0 aromatic heterocycles. The van der Waals surface area contributed by atoms with E-state index in [1.165, 1.54) is 58.2 Å². The second kappa shape index (κ2) is 4.64. The molecule has 2 aliphatic carbocycles. The zero-order valence-electron chi connectivity index (χ0n) is 10.9. The molecule has 0 N–H and O–H groups in total. The molecule has 3 rings (SSSR count). The maximum Gasteiger partial charge on any atom is 0.106 e. The van der Waals surface area contributed by atoms with Crippen molar-refractivity contribution in [3.8, 4) is 0 Å². The van der Waals surface area contributed by atoms with Crippen molar-refractivity contribution in [1.82, 2.24) is 4.90 Å². The molecule has 2 saturated carbocycles. The maximum atomic E-state index is 5.82. The van der Waals surface area contributed by atoms with Gasteiger partial charge in [-0.25, -0.2) is 0 Å². The molecular formula is C14H24INO. The van der Waals surface area contributed by atoms with Crippen LogP contribution in [0.3, 0.4) is 0 Å². The van der Waals surface area contributed by atoms with Crippen molar-refractivity contribution in [1.29, 1.82) is 0 Å². The van der Waals surface area contributed by atoms with Crippen LogP contribution in [0.1, 0.15) is 45.4 Å². The predicted molar refractivity (Wildman–Crippen MR) is 78.4 cm³/mol. The predicted octanol–water partition coefficient (Wildman–Crippen LogP) is 3.44. The summed E-state index contributed by atoms with van der Waals surface area (Å²) in [5.74, 6) is 0. The molecule has 0 amide bonds. The Balaban J connectivity index is 1.43. The van der Waals surface area contributed by atoms with Crippen molar-refractivity contribution in [3.63, 3.8) is 0 Å². The zero-order chi connectivity index (χ0) is 11.9. The molecule has 3 aliphatic rings. The molecule has 98 valence electrons. The number of halogens is 1. The number of hydrogen-bond acceptors (Lipinski definition) is 2. The van der Waals surface area contributed by atoms with Crippen molar-refractivity contribution in [3.05, 3.63) is 0 Å². The van der Waals surface area contributed by atoms with E-state index >= 15 is 0 Å². The average molecular weight is 349 g/mol. The summed E-state index contributed by atoms with van der Waals surface area (Å²) in [5, 5.41) is 0. The Morgan fingerprint density at radius 1 is 1.12 bits per heavy atom. The van der Waals surface area contributed by atoms with E-state index in [4.69, 9.17) is 4.74 Å². The minimum atomic E-state index is 0.362. The summed E-state index contributed by atoms with van der Waals surface area (Å²) in [4.78, 5) is 2.71. The number of likely N-dealkylation sites (tertiary alicyclic amines) is 1. The summed E-state index contributed by atoms with van der Waals surface area (Å²) in [7, 11) is 0. The molecule has 0 bridgehead atoms. The Morgan fingerprint density at radius 3 is 2.24 bits per heavy atom. The van der Waals surface area contributed by atoms with Crippen LogP contribution < -0.4 is 0 Å². The Kier molecular flexibility index (Phi) is 3.46. The van der Waals surface area contributed by atoms with Crippen molar-refractivity contribution in [2.24, 2.45) is 10.8 Å². The lowest BCUT2D eigenvalue weighted by atomic mass is 9.93. The summed E-state index contributed by atoms with van der Waals surface area (Å²) >= 11 is 2.36. The molecule has 1 spiro atoms. The lowest BCUT2D eigenvalue weighted by molar-refractivity contribution is 0.0591. The van der Waals surface area contributed by atoms with Gasteiger partial charge in [-0.05, 0) is 64.0 Å². The molecule has 2 nitrogen and oxygen atoms in total. The minimum Gasteiger partial charge on any atom is -0.368 e. The van der Waals surface area contributed by atoms with Crippen LogP contribution in [-0.2, 0) is 4.74 Å². The first-order valence-electron chi connectivity index (χ1n) is 7.10. The molecule has 1 aliphatic heterocycles. The summed E-state index contributed by atoms with van der Waals surface area (Å²) in [5.41, 5.74) is 1.36. The van der Waals surface area contributed by atoms with Crippen LogP contribution in [0, 0.1) is 10.8 Å². The molecule has 0 aromatic rings. The van der Waals surface area contributed by atoms with Gasteiger partial charge >= 0.3 is 0 Å². The van der Waals surface area contributed by atoms with Crippen LogP contribution in [0.4, 0.5) is 0 Å². The van der Waals surface area contributed by atoms with Crippen molar-refractivity contribution < 1.29 is 4.74 Å². The van der Waals surface area contributed by atoms with Gasteiger partial charge in [-0.1, -0.05) is 22.6 Å². The Labute approximate surface area is 119 Å². The van der Waals surface area contributed by atoms with Gasteiger partial charge in [-0.15, -0.1) is 0 Å². The highest BCUT2D eigenvalue weighted by molar-refractivity contribution is 14.1. The van der Waals surface area contributed by atoms with E-state index in [1.54, 1.807) is 0 Å². The molecule has 0 radical (unpaired) electrons. The van der Waals surface area contributed by atoms with Crippen molar-refractivity contribution in [2.45, 2.75) is 49.6 Å². The molecule has 1 saturated heterocycles. The van der Waals surface area contributed by atoms with E-state index in [1.807, 2.05) is 0 Å². The van der Waals surface area contributed by atoms with Crippen LogP contribution in [0.15, 0.2) is 0 Å². The smallest absolute Gasteiger partial charge is 0.106 e. The molecule has 3 heteroatoms. The highest BCUT2D eigenvalue weighted by Gasteiger charge is 2.48. The van der Waals surface area contributed by atoms with Crippen LogP contribution in [0.2, 0.25) is 0 Å². The molecule has 17 heavy (non-hydrogen) atoms. The Morgan fingerprint density at radius 2 is 1.76 bits per heavy atom. The molecule has 1 atom stereocenters. The maximum absolute atomic E-state index is 5.82. The number of piperidine rings is 1. The highest BCUT2D eigenvalue weighted by Crippen LogP contribution is 2.54. The minimum absolute atomic E-state index is 0.362. The number of rotatable bonds is 5. The second-order valence-electron chi connectivity index (χ2n) is 6.63. The first kappa shape index (κ1) is 12.7. The highest BCUT2D eigenvalue weighted by atomic mass is 127. The number of nitrogens with zero attached hydrogens (tertiary/aromatic N) is 1. The average Bonchev–Trinajstić information content (AvgIpc) is 3.19.